The third-order valence-corrected chi connectivity index (χ3v) is 4.55. The minimum absolute atomic E-state index is 0.0570. The molecule has 0 N–H and O–H groups in total. The second kappa shape index (κ2) is 5.68. The molecule has 0 bridgehead atoms. The third-order valence-electron chi connectivity index (χ3n) is 4.07. The van der Waals surface area contributed by atoms with Crippen LogP contribution in [-0.4, -0.2) is 46.7 Å². The van der Waals surface area contributed by atoms with Crippen molar-refractivity contribution in [2.45, 2.75) is 31.5 Å². The molecule has 0 radical (unpaired) electrons. The number of carbonyl (C=O) groups is 1. The van der Waals surface area contributed by atoms with Crippen LogP contribution >= 0.6 is 23.2 Å². The molecule has 3 heterocycles. The second-order valence-corrected chi connectivity index (χ2v) is 5.88. The molecule has 0 spiro atoms. The molecule has 1 saturated heterocycles. The number of aromatic nitrogens is 2. The predicted molar refractivity (Wildman–Crippen MR) is 76.1 cm³/mol. The van der Waals surface area contributed by atoms with Crippen LogP contribution in [0.15, 0.2) is 0 Å². The van der Waals surface area contributed by atoms with Gasteiger partial charge in [0.1, 0.15) is 5.15 Å². The molecule has 6 nitrogen and oxygen atoms in total. The van der Waals surface area contributed by atoms with E-state index in [0.717, 1.165) is 5.56 Å². The van der Waals surface area contributed by atoms with Gasteiger partial charge in [0.2, 0.25) is 5.28 Å². The van der Waals surface area contributed by atoms with Gasteiger partial charge in [0.25, 0.3) is 5.91 Å². The number of hydrogen-bond acceptors (Lipinski definition) is 5. The van der Waals surface area contributed by atoms with E-state index in [1.807, 2.05) is 0 Å². The fraction of sp³-hybridized carbons (Fsp3) is 0.615. The average Bonchev–Trinajstić information content (AvgIpc) is 2.91. The Labute approximate surface area is 132 Å². The molecule has 8 heteroatoms. The average molecular weight is 332 g/mol. The van der Waals surface area contributed by atoms with Crippen molar-refractivity contribution < 1.29 is 14.3 Å². The van der Waals surface area contributed by atoms with Crippen molar-refractivity contribution in [3.05, 3.63) is 21.7 Å². The third kappa shape index (κ3) is 2.61. The van der Waals surface area contributed by atoms with E-state index >= 15 is 0 Å². The first kappa shape index (κ1) is 15.0. The number of carbonyl (C=O) groups excluding carboxylic acids is 1. The maximum Gasteiger partial charge on any atom is 0.255 e. The van der Waals surface area contributed by atoms with Crippen LogP contribution in [0.5, 0.6) is 0 Å². The smallest absolute Gasteiger partial charge is 0.255 e. The lowest BCUT2D eigenvalue weighted by Crippen LogP contribution is -2.51. The van der Waals surface area contributed by atoms with Crippen LogP contribution < -0.4 is 0 Å². The summed E-state index contributed by atoms with van der Waals surface area (Å²) in [6.45, 7) is 1.80. The number of hydrogen-bond donors (Lipinski definition) is 0. The summed E-state index contributed by atoms with van der Waals surface area (Å²) in [7, 11) is 1.57. The summed E-state index contributed by atoms with van der Waals surface area (Å²) in [4.78, 5) is 22.6. The quantitative estimate of drug-likeness (QED) is 0.611. The Hall–Kier alpha value is -0.950. The Balaban J connectivity index is 1.83. The van der Waals surface area contributed by atoms with Gasteiger partial charge in [-0.1, -0.05) is 11.6 Å². The van der Waals surface area contributed by atoms with Crippen LogP contribution in [0.25, 0.3) is 0 Å². The number of amides is 1. The molecule has 0 aromatic carbocycles. The molecule has 0 unspecified atom stereocenters. The monoisotopic (exact) mass is 331 g/mol. The van der Waals surface area contributed by atoms with Crippen molar-refractivity contribution in [3.63, 3.8) is 0 Å². The largest absolute Gasteiger partial charge is 0.381 e. The zero-order valence-electron chi connectivity index (χ0n) is 11.6. The van der Waals surface area contributed by atoms with Crippen LogP contribution in [-0.2, 0) is 27.4 Å². The molecule has 0 saturated carbocycles. The van der Waals surface area contributed by atoms with E-state index in [4.69, 9.17) is 32.7 Å². The van der Waals surface area contributed by atoms with E-state index in [0.29, 0.717) is 50.0 Å². The standard InChI is InChI=1S/C13H15Cl2N3O3/c1-20-13(2-4-21-5-3-13)11(19)18-6-8-9(7-18)16-12(15)17-10(8)14/h2-7H2,1H3. The summed E-state index contributed by atoms with van der Waals surface area (Å²) in [5.41, 5.74) is 0.642. The Morgan fingerprint density at radius 3 is 2.67 bits per heavy atom. The normalized spacial score (nSPS) is 20.4. The maximum atomic E-state index is 12.8. The highest BCUT2D eigenvalue weighted by atomic mass is 35.5. The van der Waals surface area contributed by atoms with Crippen molar-refractivity contribution in [1.82, 2.24) is 14.9 Å². The van der Waals surface area contributed by atoms with Gasteiger partial charge in [-0.15, -0.1) is 0 Å². The maximum absolute atomic E-state index is 12.8. The summed E-state index contributed by atoms with van der Waals surface area (Å²) < 4.78 is 10.9. The van der Waals surface area contributed by atoms with Crippen molar-refractivity contribution in [2.24, 2.45) is 0 Å². The summed E-state index contributed by atoms with van der Waals surface area (Å²) in [6, 6.07) is 0. The summed E-state index contributed by atoms with van der Waals surface area (Å²) in [6.07, 6.45) is 1.10. The molecule has 2 aliphatic heterocycles. The van der Waals surface area contributed by atoms with Gasteiger partial charge in [0.15, 0.2) is 5.60 Å². The first-order valence-corrected chi connectivity index (χ1v) is 7.44. The lowest BCUT2D eigenvalue weighted by atomic mass is 9.92. The van der Waals surface area contributed by atoms with E-state index in [1.165, 1.54) is 0 Å². The molecule has 1 aromatic heterocycles. The molecule has 114 valence electrons. The highest BCUT2D eigenvalue weighted by Crippen LogP contribution is 2.33. The number of methoxy groups -OCH3 is 1. The summed E-state index contributed by atoms with van der Waals surface area (Å²) in [5.74, 6) is -0.0570. The fourth-order valence-electron chi connectivity index (χ4n) is 2.82. The van der Waals surface area contributed by atoms with E-state index in [-0.39, 0.29) is 11.2 Å². The van der Waals surface area contributed by atoms with Crippen molar-refractivity contribution in [1.29, 1.82) is 0 Å². The molecule has 0 aliphatic carbocycles. The second-order valence-electron chi connectivity index (χ2n) is 5.18. The van der Waals surface area contributed by atoms with Crippen LogP contribution in [0.3, 0.4) is 0 Å². The van der Waals surface area contributed by atoms with Gasteiger partial charge in [0.05, 0.1) is 18.8 Å². The van der Waals surface area contributed by atoms with Crippen LogP contribution in [0.4, 0.5) is 0 Å². The van der Waals surface area contributed by atoms with Gasteiger partial charge < -0.3 is 14.4 Å². The first-order chi connectivity index (χ1) is 10.1. The van der Waals surface area contributed by atoms with Gasteiger partial charge >= 0.3 is 0 Å². The number of ether oxygens (including phenoxy) is 2. The molecule has 3 rings (SSSR count). The van der Waals surface area contributed by atoms with Crippen LogP contribution in [0.2, 0.25) is 10.4 Å². The van der Waals surface area contributed by atoms with Crippen molar-refractivity contribution in [2.75, 3.05) is 20.3 Å². The first-order valence-electron chi connectivity index (χ1n) is 6.69. The topological polar surface area (TPSA) is 64.5 Å². The Kier molecular flexibility index (Phi) is 4.05. The molecular weight excluding hydrogens is 317 g/mol. The Morgan fingerprint density at radius 1 is 1.29 bits per heavy atom. The minimum Gasteiger partial charge on any atom is -0.381 e. The Morgan fingerprint density at radius 2 is 2.00 bits per heavy atom. The van der Waals surface area contributed by atoms with Crippen LogP contribution in [0, 0.1) is 0 Å². The highest BCUT2D eigenvalue weighted by Gasteiger charge is 2.44. The number of halogens is 2. The number of rotatable bonds is 2. The highest BCUT2D eigenvalue weighted by molar-refractivity contribution is 6.32. The van der Waals surface area contributed by atoms with E-state index in [1.54, 1.807) is 12.0 Å². The zero-order chi connectivity index (χ0) is 15.0. The SMILES string of the molecule is COC1(C(=O)N2Cc3nc(Cl)nc(Cl)c3C2)CCOCC1. The molecular formula is C13H15Cl2N3O3. The lowest BCUT2D eigenvalue weighted by Gasteiger charge is -2.37. The van der Waals surface area contributed by atoms with E-state index in [2.05, 4.69) is 9.97 Å². The molecule has 1 fully saturated rings. The Bertz CT molecular complexity index is 576. The van der Waals surface area contributed by atoms with Crippen molar-refractivity contribution >= 4 is 29.1 Å². The zero-order valence-corrected chi connectivity index (χ0v) is 13.1. The van der Waals surface area contributed by atoms with E-state index in [9.17, 15) is 4.79 Å². The number of nitrogens with zero attached hydrogens (tertiary/aromatic N) is 3. The molecule has 1 aromatic rings. The number of fused-ring (bicyclic) bond motifs is 1. The van der Waals surface area contributed by atoms with E-state index < -0.39 is 5.60 Å². The van der Waals surface area contributed by atoms with Gasteiger partial charge in [-0.3, -0.25) is 4.79 Å². The lowest BCUT2D eigenvalue weighted by molar-refractivity contribution is -0.167. The predicted octanol–water partition coefficient (Wildman–Crippen LogP) is 1.82. The van der Waals surface area contributed by atoms with Gasteiger partial charge in [-0.05, 0) is 11.6 Å². The van der Waals surface area contributed by atoms with Gasteiger partial charge in [-0.25, -0.2) is 9.97 Å². The molecule has 0 atom stereocenters. The molecule has 21 heavy (non-hydrogen) atoms. The summed E-state index contributed by atoms with van der Waals surface area (Å²) in [5, 5.41) is 0.402. The summed E-state index contributed by atoms with van der Waals surface area (Å²) >= 11 is 11.9. The fourth-order valence-corrected chi connectivity index (χ4v) is 3.30. The van der Waals surface area contributed by atoms with Crippen LogP contribution in [0.1, 0.15) is 24.1 Å². The van der Waals surface area contributed by atoms with Gasteiger partial charge in [0, 0.05) is 38.7 Å². The van der Waals surface area contributed by atoms with Gasteiger partial charge in [-0.2, -0.15) is 0 Å². The molecule has 2 aliphatic rings. The minimum atomic E-state index is -0.815. The molecule has 1 amide bonds. The van der Waals surface area contributed by atoms with Crippen molar-refractivity contribution in [3.8, 4) is 0 Å².